The quantitative estimate of drug-likeness (QED) is 0.356. The molecule has 0 aromatic rings. The molecule has 8 N–H and O–H groups in total. The van der Waals surface area contributed by atoms with Crippen LogP contribution in [0.2, 0.25) is 0 Å². The lowest BCUT2D eigenvalue weighted by molar-refractivity contribution is 0.0151. The normalized spacial score (nSPS) is 38.5. The van der Waals surface area contributed by atoms with Gasteiger partial charge < -0.3 is 37.3 Å². The van der Waals surface area contributed by atoms with Crippen molar-refractivity contribution in [2.75, 3.05) is 13.2 Å². The number of nitrogens with one attached hydrogen (secondary N) is 1. The Balaban J connectivity index is 1.95. The van der Waals surface area contributed by atoms with Gasteiger partial charge in [-0.25, -0.2) is 14.8 Å². The highest BCUT2D eigenvalue weighted by Crippen LogP contribution is 2.39. The van der Waals surface area contributed by atoms with Gasteiger partial charge in [-0.05, 0) is 6.42 Å². The zero-order valence-electron chi connectivity index (χ0n) is 10.7. The minimum atomic E-state index is -0.915. The van der Waals surface area contributed by atoms with E-state index >= 15 is 0 Å². The molecule has 3 heterocycles. The molecule has 10 nitrogen and oxygen atoms in total. The minimum Gasteiger partial charge on any atom is -0.447 e. The molecule has 0 aliphatic carbocycles. The number of hydrogen-bond donors (Lipinski definition) is 5. The van der Waals surface area contributed by atoms with Crippen LogP contribution in [0.1, 0.15) is 6.42 Å². The Labute approximate surface area is 114 Å². The van der Waals surface area contributed by atoms with Crippen molar-refractivity contribution in [2.45, 2.75) is 30.3 Å². The van der Waals surface area contributed by atoms with Crippen molar-refractivity contribution in [1.82, 2.24) is 10.2 Å². The molecule has 10 heteroatoms. The number of guanidine groups is 2. The number of hydrogen-bond acceptors (Lipinski definition) is 9. The number of carbonyl (C=O) groups is 1. The van der Waals surface area contributed by atoms with Gasteiger partial charge in [0.1, 0.15) is 18.7 Å². The molecule has 0 saturated carbocycles. The molecule has 0 aromatic heterocycles. The van der Waals surface area contributed by atoms with Crippen molar-refractivity contribution in [1.29, 1.82) is 0 Å². The van der Waals surface area contributed by atoms with Crippen molar-refractivity contribution in [2.24, 2.45) is 27.2 Å². The molecule has 0 bridgehead atoms. The minimum absolute atomic E-state index is 0.0680. The van der Waals surface area contributed by atoms with Crippen LogP contribution in [0.15, 0.2) is 9.98 Å². The van der Waals surface area contributed by atoms with Crippen molar-refractivity contribution in [3.63, 3.8) is 0 Å². The summed E-state index contributed by atoms with van der Waals surface area (Å²) in [4.78, 5) is 21.1. The first-order valence-electron chi connectivity index (χ1n) is 6.28. The molecule has 3 aliphatic rings. The standard InChI is InChI=1S/C10H17N7O3/c11-7-15-6-4(3-20-9(13)19)14-8(12)17-2-1-5(18)10(6,17)16-7/h4-6,18H,1-3H2,(H2,12,14)(H2,13,19)(H3,11,15,16)/t4-,5?,6-,10?/m0/s1. The number of aliphatic hydroxyl groups is 1. The van der Waals surface area contributed by atoms with Gasteiger partial charge in [0.05, 0.1) is 6.10 Å². The highest BCUT2D eigenvalue weighted by molar-refractivity contribution is 5.87. The molecular weight excluding hydrogens is 266 g/mol. The molecule has 0 aromatic carbocycles. The van der Waals surface area contributed by atoms with Crippen LogP contribution in [-0.2, 0) is 4.74 Å². The third-order valence-electron chi connectivity index (χ3n) is 3.97. The van der Waals surface area contributed by atoms with Crippen molar-refractivity contribution >= 4 is 18.0 Å². The largest absolute Gasteiger partial charge is 0.447 e. The third-order valence-corrected chi connectivity index (χ3v) is 3.97. The van der Waals surface area contributed by atoms with E-state index in [0.29, 0.717) is 13.0 Å². The van der Waals surface area contributed by atoms with E-state index in [4.69, 9.17) is 21.9 Å². The predicted molar refractivity (Wildman–Crippen MR) is 69.6 cm³/mol. The molecule has 3 aliphatic heterocycles. The molecule has 2 unspecified atom stereocenters. The van der Waals surface area contributed by atoms with Crippen LogP contribution in [0.5, 0.6) is 0 Å². The van der Waals surface area contributed by atoms with E-state index in [-0.39, 0.29) is 18.5 Å². The number of rotatable bonds is 2. The average Bonchev–Trinajstić information content (AvgIpc) is 2.88. The van der Waals surface area contributed by atoms with Gasteiger partial charge in [0.2, 0.25) is 0 Å². The van der Waals surface area contributed by atoms with Gasteiger partial charge in [-0.2, -0.15) is 0 Å². The first-order valence-corrected chi connectivity index (χ1v) is 6.28. The van der Waals surface area contributed by atoms with Crippen molar-refractivity contribution in [3.8, 4) is 0 Å². The fourth-order valence-corrected chi connectivity index (χ4v) is 3.19. The molecule has 1 spiro atoms. The fourth-order valence-electron chi connectivity index (χ4n) is 3.19. The van der Waals surface area contributed by atoms with E-state index in [9.17, 15) is 9.90 Å². The Kier molecular flexibility index (Phi) is 2.64. The van der Waals surface area contributed by atoms with Crippen molar-refractivity contribution in [3.05, 3.63) is 0 Å². The van der Waals surface area contributed by atoms with E-state index in [2.05, 4.69) is 15.3 Å². The fraction of sp³-hybridized carbons (Fsp3) is 0.700. The monoisotopic (exact) mass is 283 g/mol. The summed E-state index contributed by atoms with van der Waals surface area (Å²) in [6.45, 7) is 0.480. The molecule has 1 saturated heterocycles. The second kappa shape index (κ2) is 4.13. The number of nitrogens with zero attached hydrogens (tertiary/aromatic N) is 3. The van der Waals surface area contributed by atoms with Crippen LogP contribution in [-0.4, -0.2) is 65.0 Å². The molecular formula is C10H17N7O3. The number of nitrogens with two attached hydrogens (primary N) is 3. The Hall–Kier alpha value is -2.23. The summed E-state index contributed by atoms with van der Waals surface area (Å²) >= 11 is 0. The van der Waals surface area contributed by atoms with Crippen LogP contribution in [0.25, 0.3) is 0 Å². The summed E-state index contributed by atoms with van der Waals surface area (Å²) in [6, 6.07) is -1.04. The lowest BCUT2D eigenvalue weighted by atomic mass is 9.89. The summed E-state index contributed by atoms with van der Waals surface area (Å²) < 4.78 is 4.79. The Morgan fingerprint density at radius 2 is 2.30 bits per heavy atom. The summed E-state index contributed by atoms with van der Waals surface area (Å²) in [5.41, 5.74) is 15.7. The van der Waals surface area contributed by atoms with Crippen LogP contribution in [0.3, 0.4) is 0 Å². The topological polar surface area (TPSA) is 165 Å². The van der Waals surface area contributed by atoms with Gasteiger partial charge in [0.15, 0.2) is 17.6 Å². The SMILES string of the molecule is NC(=O)OC[C@@H]1N=C(N)N2CCC(O)C23NC(N)=N[C@@H]13. The molecule has 110 valence electrons. The number of aliphatic hydroxyl groups excluding tert-OH is 1. The van der Waals surface area contributed by atoms with Crippen LogP contribution in [0.4, 0.5) is 4.79 Å². The maximum atomic E-state index is 10.8. The van der Waals surface area contributed by atoms with Gasteiger partial charge in [-0.15, -0.1) is 0 Å². The summed E-state index contributed by atoms with van der Waals surface area (Å²) in [6.07, 6.45) is -1.08. The van der Waals surface area contributed by atoms with E-state index < -0.39 is 29.9 Å². The summed E-state index contributed by atoms with van der Waals surface area (Å²) in [5.74, 6) is 0.461. The first-order chi connectivity index (χ1) is 9.45. The second-order valence-electron chi connectivity index (χ2n) is 5.05. The maximum Gasteiger partial charge on any atom is 0.404 e. The molecule has 3 rings (SSSR count). The molecule has 20 heavy (non-hydrogen) atoms. The second-order valence-corrected chi connectivity index (χ2v) is 5.05. The molecule has 4 atom stereocenters. The number of amides is 1. The highest BCUT2D eigenvalue weighted by atomic mass is 16.5. The number of primary amides is 1. The van der Waals surface area contributed by atoms with Gasteiger partial charge in [-0.3, -0.25) is 0 Å². The molecule has 1 fully saturated rings. The van der Waals surface area contributed by atoms with E-state index in [1.165, 1.54) is 0 Å². The summed E-state index contributed by atoms with van der Waals surface area (Å²) in [5, 5.41) is 13.3. The molecule has 1 amide bonds. The van der Waals surface area contributed by atoms with E-state index in [1.807, 2.05) is 0 Å². The number of aliphatic imine (C=N–C) groups is 2. The molecule has 0 radical (unpaired) electrons. The lowest BCUT2D eigenvalue weighted by Crippen LogP contribution is -2.72. The van der Waals surface area contributed by atoms with Gasteiger partial charge in [0.25, 0.3) is 0 Å². The number of ether oxygens (including phenoxy) is 1. The van der Waals surface area contributed by atoms with Gasteiger partial charge in [-0.1, -0.05) is 0 Å². The zero-order valence-corrected chi connectivity index (χ0v) is 10.7. The Bertz CT molecular complexity index is 507. The maximum absolute atomic E-state index is 10.8. The predicted octanol–water partition coefficient (Wildman–Crippen LogP) is -3.17. The average molecular weight is 283 g/mol. The summed E-state index contributed by atoms with van der Waals surface area (Å²) in [7, 11) is 0. The van der Waals surface area contributed by atoms with E-state index in [0.717, 1.165) is 0 Å². The Morgan fingerprint density at radius 3 is 3.00 bits per heavy atom. The van der Waals surface area contributed by atoms with E-state index in [1.54, 1.807) is 4.90 Å². The third kappa shape index (κ3) is 1.57. The Morgan fingerprint density at radius 1 is 1.55 bits per heavy atom. The smallest absolute Gasteiger partial charge is 0.404 e. The van der Waals surface area contributed by atoms with Gasteiger partial charge >= 0.3 is 6.09 Å². The highest BCUT2D eigenvalue weighted by Gasteiger charge is 2.62. The zero-order chi connectivity index (χ0) is 14.5. The van der Waals surface area contributed by atoms with Crippen LogP contribution in [0, 0.1) is 0 Å². The van der Waals surface area contributed by atoms with Crippen LogP contribution < -0.4 is 22.5 Å². The first kappa shape index (κ1) is 12.8. The lowest BCUT2D eigenvalue weighted by Gasteiger charge is -2.46. The van der Waals surface area contributed by atoms with Crippen molar-refractivity contribution < 1.29 is 14.6 Å². The number of carbonyl (C=O) groups excluding carboxylic acids is 1. The van der Waals surface area contributed by atoms with Gasteiger partial charge in [0, 0.05) is 6.54 Å². The van der Waals surface area contributed by atoms with Crippen LogP contribution >= 0.6 is 0 Å².